The van der Waals surface area contributed by atoms with Crippen molar-refractivity contribution in [2.45, 2.75) is 54.4 Å². The maximum atomic E-state index is 12.4. The van der Waals surface area contributed by atoms with E-state index in [1.54, 1.807) is 0 Å². The standard InChI is InChI=1S/C13H22O6/c1-11(2,3)13(12(4,5)6)8-7-9(14)16-18-19-17-10(13)15/h7-8H2,1-6H3. The van der Waals surface area contributed by atoms with Gasteiger partial charge in [-0.15, -0.1) is 0 Å². The smallest absolute Gasteiger partial charge is 0.266 e. The molecule has 1 saturated heterocycles. The molecular formula is C13H22O6. The van der Waals surface area contributed by atoms with E-state index in [-0.39, 0.29) is 6.42 Å². The van der Waals surface area contributed by atoms with Crippen LogP contribution in [0.15, 0.2) is 0 Å². The second-order valence-electron chi connectivity index (χ2n) is 6.87. The molecule has 6 nitrogen and oxygen atoms in total. The molecule has 0 amide bonds. The number of hydrogen-bond acceptors (Lipinski definition) is 6. The number of carbonyl (C=O) groups excluding carboxylic acids is 2. The van der Waals surface area contributed by atoms with Crippen molar-refractivity contribution in [2.24, 2.45) is 16.2 Å². The molecule has 0 aliphatic carbocycles. The van der Waals surface area contributed by atoms with Gasteiger partial charge in [-0.2, -0.15) is 0 Å². The first-order chi connectivity index (χ1) is 8.52. The molecule has 19 heavy (non-hydrogen) atoms. The summed E-state index contributed by atoms with van der Waals surface area (Å²) < 4.78 is 0. The lowest BCUT2D eigenvalue weighted by molar-refractivity contribution is -0.601. The molecule has 0 saturated carbocycles. The molecule has 0 radical (unpaired) electrons. The van der Waals surface area contributed by atoms with Gasteiger partial charge >= 0.3 is 11.9 Å². The van der Waals surface area contributed by atoms with Crippen molar-refractivity contribution >= 4 is 11.9 Å². The lowest BCUT2D eigenvalue weighted by atomic mass is 9.52. The van der Waals surface area contributed by atoms with Crippen LogP contribution in [0.5, 0.6) is 0 Å². The minimum absolute atomic E-state index is 0.0486. The van der Waals surface area contributed by atoms with Crippen molar-refractivity contribution in [1.82, 2.24) is 0 Å². The SMILES string of the molecule is CC(C)(C)C1(C(C)(C)C)CCC(=O)OOOOC1=O. The summed E-state index contributed by atoms with van der Waals surface area (Å²) in [6, 6.07) is 0. The van der Waals surface area contributed by atoms with Gasteiger partial charge in [0.1, 0.15) is 0 Å². The summed E-state index contributed by atoms with van der Waals surface area (Å²) in [7, 11) is 0. The highest BCUT2D eigenvalue weighted by Gasteiger charge is 2.58. The molecular weight excluding hydrogens is 252 g/mol. The van der Waals surface area contributed by atoms with Crippen LogP contribution in [0.4, 0.5) is 0 Å². The van der Waals surface area contributed by atoms with Crippen LogP contribution in [0.2, 0.25) is 0 Å². The van der Waals surface area contributed by atoms with E-state index in [9.17, 15) is 9.59 Å². The molecule has 1 aliphatic heterocycles. The highest BCUT2D eigenvalue weighted by Crippen LogP contribution is 2.55. The van der Waals surface area contributed by atoms with Gasteiger partial charge in [-0.05, 0) is 17.3 Å². The van der Waals surface area contributed by atoms with Gasteiger partial charge in [0.15, 0.2) is 0 Å². The van der Waals surface area contributed by atoms with Gasteiger partial charge in [-0.3, -0.25) is 9.78 Å². The summed E-state index contributed by atoms with van der Waals surface area (Å²) in [6.07, 6.45) is 0.345. The van der Waals surface area contributed by atoms with E-state index in [4.69, 9.17) is 0 Å². The van der Waals surface area contributed by atoms with E-state index in [0.717, 1.165) is 0 Å². The highest BCUT2D eigenvalue weighted by atomic mass is 17.7. The van der Waals surface area contributed by atoms with Crippen molar-refractivity contribution in [3.63, 3.8) is 0 Å². The lowest BCUT2D eigenvalue weighted by Crippen LogP contribution is -2.53. The molecule has 0 aromatic carbocycles. The van der Waals surface area contributed by atoms with Crippen LogP contribution in [-0.2, 0) is 29.4 Å². The van der Waals surface area contributed by atoms with E-state index in [1.807, 2.05) is 41.5 Å². The highest BCUT2D eigenvalue weighted by molar-refractivity contribution is 5.79. The molecule has 1 rings (SSSR count). The fraction of sp³-hybridized carbons (Fsp3) is 0.846. The minimum atomic E-state index is -0.910. The van der Waals surface area contributed by atoms with Gasteiger partial charge in [-0.1, -0.05) is 41.5 Å². The molecule has 1 heterocycles. The first kappa shape index (κ1) is 15.9. The van der Waals surface area contributed by atoms with E-state index in [2.05, 4.69) is 19.9 Å². The van der Waals surface area contributed by atoms with Crippen LogP contribution in [0, 0.1) is 16.2 Å². The Bertz CT molecular complexity index is 346. The molecule has 0 bridgehead atoms. The van der Waals surface area contributed by atoms with Gasteiger partial charge in [-0.25, -0.2) is 9.59 Å². The Labute approximate surface area is 113 Å². The maximum absolute atomic E-state index is 12.4. The zero-order valence-electron chi connectivity index (χ0n) is 12.4. The Balaban J connectivity index is 3.29. The average molecular weight is 274 g/mol. The molecule has 0 unspecified atom stereocenters. The molecule has 1 fully saturated rings. The molecule has 0 atom stereocenters. The first-order valence-electron chi connectivity index (χ1n) is 6.27. The Morgan fingerprint density at radius 3 is 1.84 bits per heavy atom. The maximum Gasteiger partial charge on any atom is 0.352 e. The quantitative estimate of drug-likeness (QED) is 0.632. The van der Waals surface area contributed by atoms with Gasteiger partial charge < -0.3 is 0 Å². The fourth-order valence-corrected chi connectivity index (χ4v) is 3.09. The third kappa shape index (κ3) is 2.90. The van der Waals surface area contributed by atoms with Crippen LogP contribution in [0.25, 0.3) is 0 Å². The molecule has 0 N–H and O–H groups in total. The summed E-state index contributed by atoms with van der Waals surface area (Å²) in [5.41, 5.74) is -1.78. The van der Waals surface area contributed by atoms with Crippen molar-refractivity contribution in [3.05, 3.63) is 0 Å². The van der Waals surface area contributed by atoms with Crippen molar-refractivity contribution in [1.29, 1.82) is 0 Å². The van der Waals surface area contributed by atoms with Gasteiger partial charge in [0.05, 0.1) is 11.8 Å². The number of rotatable bonds is 0. The molecule has 110 valence electrons. The van der Waals surface area contributed by atoms with E-state index < -0.39 is 28.2 Å². The normalized spacial score (nSPS) is 21.8. The van der Waals surface area contributed by atoms with Crippen LogP contribution < -0.4 is 0 Å². The summed E-state index contributed by atoms with van der Waals surface area (Å²) in [4.78, 5) is 32.8. The van der Waals surface area contributed by atoms with Gasteiger partial charge in [0.2, 0.25) is 0 Å². The molecule has 0 aromatic rings. The Hall–Kier alpha value is -1.14. The molecule has 1 aliphatic rings. The summed E-state index contributed by atoms with van der Waals surface area (Å²) in [5.74, 6) is -1.16. The second kappa shape index (κ2) is 5.09. The monoisotopic (exact) mass is 274 g/mol. The van der Waals surface area contributed by atoms with Gasteiger partial charge in [0, 0.05) is 10.1 Å². The van der Waals surface area contributed by atoms with Crippen molar-refractivity contribution < 1.29 is 29.4 Å². The predicted octanol–water partition coefficient (Wildman–Crippen LogP) is 2.72. The Morgan fingerprint density at radius 1 is 0.895 bits per heavy atom. The second-order valence-corrected chi connectivity index (χ2v) is 6.87. The summed E-state index contributed by atoms with van der Waals surface area (Å²) in [5, 5.41) is 8.25. The molecule has 0 spiro atoms. The topological polar surface area (TPSA) is 71.1 Å². The lowest BCUT2D eigenvalue weighted by Gasteiger charge is -2.50. The largest absolute Gasteiger partial charge is 0.352 e. The van der Waals surface area contributed by atoms with Crippen molar-refractivity contribution in [3.8, 4) is 0 Å². The zero-order chi connectivity index (χ0) is 14.9. The Morgan fingerprint density at radius 2 is 1.37 bits per heavy atom. The van der Waals surface area contributed by atoms with Crippen LogP contribution in [0.1, 0.15) is 54.4 Å². The van der Waals surface area contributed by atoms with E-state index in [0.29, 0.717) is 6.42 Å². The number of carbonyl (C=O) groups is 2. The summed E-state index contributed by atoms with van der Waals surface area (Å²) in [6.45, 7) is 11.6. The number of hydrogen-bond donors (Lipinski definition) is 0. The third-order valence-electron chi connectivity index (χ3n) is 3.88. The van der Waals surface area contributed by atoms with Crippen LogP contribution in [-0.4, -0.2) is 11.9 Å². The summed E-state index contributed by atoms with van der Waals surface area (Å²) >= 11 is 0. The van der Waals surface area contributed by atoms with Crippen LogP contribution >= 0.6 is 0 Å². The zero-order valence-corrected chi connectivity index (χ0v) is 12.4. The minimum Gasteiger partial charge on any atom is -0.266 e. The van der Waals surface area contributed by atoms with Gasteiger partial charge in [0.25, 0.3) is 0 Å². The molecule has 0 aromatic heterocycles. The predicted molar refractivity (Wildman–Crippen MR) is 64.9 cm³/mol. The van der Waals surface area contributed by atoms with E-state index >= 15 is 0 Å². The van der Waals surface area contributed by atoms with Crippen molar-refractivity contribution in [2.75, 3.05) is 0 Å². The van der Waals surface area contributed by atoms with E-state index in [1.165, 1.54) is 0 Å². The third-order valence-corrected chi connectivity index (χ3v) is 3.88. The first-order valence-corrected chi connectivity index (χ1v) is 6.27. The average Bonchev–Trinajstić information content (AvgIpc) is 2.27. The fourth-order valence-electron chi connectivity index (χ4n) is 3.09. The van der Waals surface area contributed by atoms with Crippen LogP contribution in [0.3, 0.4) is 0 Å². The molecule has 6 heteroatoms. The Kier molecular flexibility index (Phi) is 4.27.